The first-order valence-electron chi connectivity index (χ1n) is 5.04. The zero-order valence-electron chi connectivity index (χ0n) is 9.30. The van der Waals surface area contributed by atoms with Gasteiger partial charge < -0.3 is 11.5 Å². The first kappa shape index (κ1) is 12.5. The number of hydrogen-bond acceptors (Lipinski definition) is 3. The number of aromatic nitrogens is 1. The molecule has 2 aromatic rings. The van der Waals surface area contributed by atoms with Crippen molar-refractivity contribution in [3.8, 4) is 10.6 Å². The van der Waals surface area contributed by atoms with Crippen LogP contribution in [0, 0.1) is 0 Å². The average Bonchev–Trinajstić information content (AvgIpc) is 2.78. The Balaban J connectivity index is 2.18. The fraction of sp³-hybridized carbons (Fsp3) is 0. The van der Waals surface area contributed by atoms with E-state index in [1.165, 1.54) is 0 Å². The molecule has 0 amide bonds. The van der Waals surface area contributed by atoms with Crippen LogP contribution in [-0.4, -0.2) is 12.2 Å². The van der Waals surface area contributed by atoms with Crippen molar-refractivity contribution in [2.24, 2.45) is 21.7 Å². The SMILES string of the molecule is NC(N)=N/N=C/c1csc(-c2ccc(Cl)cc2)[nH+]1. The molecule has 0 radical (unpaired) electrons. The second-order valence-corrected chi connectivity index (χ2v) is 4.74. The number of halogens is 1. The fourth-order valence-corrected chi connectivity index (χ4v) is 2.21. The quantitative estimate of drug-likeness (QED) is 0.506. The molecule has 0 saturated heterocycles. The lowest BCUT2D eigenvalue weighted by molar-refractivity contribution is -0.359. The number of rotatable bonds is 3. The lowest BCUT2D eigenvalue weighted by atomic mass is 10.2. The summed E-state index contributed by atoms with van der Waals surface area (Å²) in [5.74, 6) is -0.0700. The molecule has 5 nitrogen and oxygen atoms in total. The van der Waals surface area contributed by atoms with Gasteiger partial charge in [0.15, 0.2) is 0 Å². The maximum Gasteiger partial charge on any atom is 0.267 e. The highest BCUT2D eigenvalue weighted by Crippen LogP contribution is 2.21. The summed E-state index contributed by atoms with van der Waals surface area (Å²) in [5.41, 5.74) is 12.2. The van der Waals surface area contributed by atoms with E-state index in [1.54, 1.807) is 17.6 Å². The van der Waals surface area contributed by atoms with Gasteiger partial charge >= 0.3 is 0 Å². The molecule has 1 aromatic carbocycles. The van der Waals surface area contributed by atoms with E-state index in [2.05, 4.69) is 15.2 Å². The summed E-state index contributed by atoms with van der Waals surface area (Å²) in [5, 5.41) is 10.9. The van der Waals surface area contributed by atoms with E-state index in [1.807, 2.05) is 29.6 Å². The van der Waals surface area contributed by atoms with Crippen molar-refractivity contribution in [2.75, 3.05) is 0 Å². The summed E-state index contributed by atoms with van der Waals surface area (Å²) in [6, 6.07) is 7.58. The van der Waals surface area contributed by atoms with Crippen LogP contribution in [0.3, 0.4) is 0 Å². The predicted molar refractivity (Wildman–Crippen MR) is 74.7 cm³/mol. The van der Waals surface area contributed by atoms with Crippen LogP contribution in [0.5, 0.6) is 0 Å². The minimum Gasteiger partial charge on any atom is -0.369 e. The maximum absolute atomic E-state index is 5.84. The van der Waals surface area contributed by atoms with Gasteiger partial charge in [-0.3, -0.25) is 0 Å². The third-order valence-corrected chi connectivity index (χ3v) is 3.24. The van der Waals surface area contributed by atoms with Gasteiger partial charge in [-0.25, -0.2) is 0 Å². The molecule has 2 rings (SSSR count). The highest BCUT2D eigenvalue weighted by molar-refractivity contribution is 7.12. The second-order valence-electron chi connectivity index (χ2n) is 3.42. The lowest BCUT2D eigenvalue weighted by Gasteiger charge is -1.91. The van der Waals surface area contributed by atoms with Gasteiger partial charge in [-0.2, -0.15) is 4.98 Å². The molecule has 0 fully saturated rings. The van der Waals surface area contributed by atoms with Gasteiger partial charge in [0.2, 0.25) is 11.7 Å². The first-order chi connectivity index (χ1) is 8.65. The third kappa shape index (κ3) is 3.28. The number of guanidine groups is 1. The minimum atomic E-state index is -0.0700. The molecule has 18 heavy (non-hydrogen) atoms. The standard InChI is InChI=1S/C11H10ClN5S/c12-8-3-1-7(2-4-8)10-16-9(6-18-10)5-15-17-11(13)14/h1-6H,(H4,13,14,17)/p+1/b15-5+. The van der Waals surface area contributed by atoms with Crippen molar-refractivity contribution in [1.82, 2.24) is 0 Å². The van der Waals surface area contributed by atoms with Crippen LogP contribution < -0.4 is 16.5 Å². The molecule has 1 aromatic heterocycles. The van der Waals surface area contributed by atoms with Crippen molar-refractivity contribution >= 4 is 35.1 Å². The molecule has 0 aliphatic heterocycles. The number of aromatic amines is 1. The topological polar surface area (TPSA) is 90.9 Å². The molecular formula is C11H11ClN5S+. The number of nitrogens with one attached hydrogen (secondary N) is 1. The molecule has 0 unspecified atom stereocenters. The van der Waals surface area contributed by atoms with Gasteiger partial charge in [0.05, 0.1) is 10.9 Å². The van der Waals surface area contributed by atoms with Crippen molar-refractivity contribution in [2.45, 2.75) is 0 Å². The monoisotopic (exact) mass is 280 g/mol. The van der Waals surface area contributed by atoms with Gasteiger partial charge in [0.1, 0.15) is 6.21 Å². The Kier molecular flexibility index (Phi) is 3.91. The van der Waals surface area contributed by atoms with Gasteiger partial charge in [0, 0.05) is 5.02 Å². The zero-order chi connectivity index (χ0) is 13.0. The molecule has 0 spiro atoms. The molecule has 92 valence electrons. The third-order valence-electron chi connectivity index (χ3n) is 2.04. The van der Waals surface area contributed by atoms with E-state index < -0.39 is 0 Å². The first-order valence-corrected chi connectivity index (χ1v) is 6.29. The van der Waals surface area contributed by atoms with Crippen molar-refractivity contribution in [1.29, 1.82) is 0 Å². The van der Waals surface area contributed by atoms with Crippen LogP contribution in [0.4, 0.5) is 0 Å². The molecule has 0 atom stereocenters. The smallest absolute Gasteiger partial charge is 0.267 e. The Morgan fingerprint density at radius 1 is 1.28 bits per heavy atom. The minimum absolute atomic E-state index is 0.0700. The van der Waals surface area contributed by atoms with E-state index in [0.29, 0.717) is 5.02 Å². The molecular weight excluding hydrogens is 270 g/mol. The van der Waals surface area contributed by atoms with E-state index in [4.69, 9.17) is 23.1 Å². The predicted octanol–water partition coefficient (Wildman–Crippen LogP) is 1.49. The van der Waals surface area contributed by atoms with Crippen molar-refractivity contribution in [3.05, 3.63) is 40.4 Å². The van der Waals surface area contributed by atoms with Crippen LogP contribution >= 0.6 is 22.9 Å². The summed E-state index contributed by atoms with van der Waals surface area (Å²) < 4.78 is 0. The Bertz CT molecular complexity index is 584. The Hall–Kier alpha value is -1.92. The number of thiazole rings is 1. The summed E-state index contributed by atoms with van der Waals surface area (Å²) >= 11 is 7.40. The number of H-pyrrole nitrogens is 1. The van der Waals surface area contributed by atoms with Gasteiger partial charge in [-0.15, -0.1) is 10.2 Å². The van der Waals surface area contributed by atoms with Gasteiger partial charge in [0.25, 0.3) is 5.01 Å². The average molecular weight is 281 g/mol. The Morgan fingerprint density at radius 3 is 2.67 bits per heavy atom. The number of nitrogens with two attached hydrogens (primary N) is 2. The molecule has 5 N–H and O–H groups in total. The molecule has 0 saturated carbocycles. The summed E-state index contributed by atoms with van der Waals surface area (Å²) in [4.78, 5) is 3.20. The summed E-state index contributed by atoms with van der Waals surface area (Å²) in [6.07, 6.45) is 1.55. The number of benzene rings is 1. The van der Waals surface area contributed by atoms with Gasteiger partial charge in [-0.1, -0.05) is 22.9 Å². The highest BCUT2D eigenvalue weighted by Gasteiger charge is 2.10. The zero-order valence-corrected chi connectivity index (χ0v) is 10.9. The van der Waals surface area contributed by atoms with Crippen molar-refractivity contribution in [3.63, 3.8) is 0 Å². The van der Waals surface area contributed by atoms with Crippen LogP contribution in [-0.2, 0) is 0 Å². The normalized spacial score (nSPS) is 10.7. The Morgan fingerprint density at radius 2 is 2.00 bits per heavy atom. The summed E-state index contributed by atoms with van der Waals surface area (Å²) in [7, 11) is 0. The lowest BCUT2D eigenvalue weighted by Crippen LogP contribution is -2.21. The maximum atomic E-state index is 5.84. The highest BCUT2D eigenvalue weighted by atomic mass is 35.5. The second kappa shape index (κ2) is 5.61. The van der Waals surface area contributed by atoms with Crippen LogP contribution in [0.1, 0.15) is 5.69 Å². The largest absolute Gasteiger partial charge is 0.369 e. The molecule has 1 heterocycles. The van der Waals surface area contributed by atoms with E-state index in [-0.39, 0.29) is 5.96 Å². The van der Waals surface area contributed by atoms with Gasteiger partial charge in [-0.05, 0) is 24.3 Å². The van der Waals surface area contributed by atoms with Crippen LogP contribution in [0.15, 0.2) is 39.8 Å². The Labute approximate surface area is 113 Å². The van der Waals surface area contributed by atoms with E-state index in [9.17, 15) is 0 Å². The summed E-state index contributed by atoms with van der Waals surface area (Å²) in [6.45, 7) is 0. The molecule has 7 heteroatoms. The van der Waals surface area contributed by atoms with E-state index >= 15 is 0 Å². The van der Waals surface area contributed by atoms with Crippen LogP contribution in [0.25, 0.3) is 10.6 Å². The number of nitrogens with zero attached hydrogens (tertiary/aromatic N) is 2. The number of hydrogen-bond donors (Lipinski definition) is 2. The van der Waals surface area contributed by atoms with Crippen LogP contribution in [0.2, 0.25) is 5.02 Å². The molecule has 0 aliphatic rings. The molecule has 0 aliphatic carbocycles. The molecule has 0 bridgehead atoms. The van der Waals surface area contributed by atoms with Crippen molar-refractivity contribution < 1.29 is 4.98 Å². The fourth-order valence-electron chi connectivity index (χ4n) is 1.27. The van der Waals surface area contributed by atoms with E-state index in [0.717, 1.165) is 16.3 Å².